The number of hydrogen-bond donors (Lipinski definition) is 4. The SMILES string of the molecule is CC(C)CC(NC(=O)CNC(=O)C(Cc1ccccc1)NC(=O)OC(C)(C)C)C(=O)NCC(=O)N1CC2(CCN(C(=O)OCc3ccccc3)CC2(F)F)C1. The Morgan fingerprint density at radius 1 is 0.782 bits per heavy atom. The zero-order valence-corrected chi connectivity index (χ0v) is 32.0. The Labute approximate surface area is 320 Å². The molecule has 2 fully saturated rings. The monoisotopic (exact) mass is 770 g/mol. The number of nitrogens with zero attached hydrogens (tertiary/aromatic N) is 2. The Kier molecular flexibility index (Phi) is 14.2. The number of alkyl halides is 2. The van der Waals surface area contributed by atoms with Crippen LogP contribution in [0.2, 0.25) is 0 Å². The summed E-state index contributed by atoms with van der Waals surface area (Å²) in [5.41, 5.74) is -0.808. The van der Waals surface area contributed by atoms with Crippen molar-refractivity contribution in [1.82, 2.24) is 31.1 Å². The van der Waals surface area contributed by atoms with Gasteiger partial charge >= 0.3 is 12.2 Å². The van der Waals surface area contributed by atoms with E-state index in [1.54, 1.807) is 69.3 Å². The molecule has 2 heterocycles. The number of ether oxygens (including phenoxy) is 2. The summed E-state index contributed by atoms with van der Waals surface area (Å²) in [5.74, 6) is -5.87. The minimum atomic E-state index is -3.27. The highest BCUT2D eigenvalue weighted by Gasteiger charge is 2.64. The molecule has 0 bridgehead atoms. The largest absolute Gasteiger partial charge is 0.445 e. The first-order chi connectivity index (χ1) is 25.9. The highest BCUT2D eigenvalue weighted by Crippen LogP contribution is 2.50. The maximum Gasteiger partial charge on any atom is 0.410 e. The number of halogens is 2. The molecule has 4 rings (SSSR count). The molecule has 2 aromatic carbocycles. The van der Waals surface area contributed by atoms with Crippen LogP contribution in [0.4, 0.5) is 18.4 Å². The molecule has 300 valence electrons. The second-order valence-electron chi connectivity index (χ2n) is 15.5. The van der Waals surface area contributed by atoms with Crippen molar-refractivity contribution in [2.45, 2.75) is 84.1 Å². The van der Waals surface area contributed by atoms with Gasteiger partial charge in [-0.05, 0) is 50.7 Å². The van der Waals surface area contributed by atoms with E-state index in [-0.39, 0.29) is 51.4 Å². The average Bonchev–Trinajstić information content (AvgIpc) is 3.09. The van der Waals surface area contributed by atoms with Gasteiger partial charge in [0.1, 0.15) is 24.3 Å². The summed E-state index contributed by atoms with van der Waals surface area (Å²) in [6.07, 6.45) is -1.33. The lowest BCUT2D eigenvalue weighted by Gasteiger charge is -2.57. The maximum absolute atomic E-state index is 15.4. The minimum Gasteiger partial charge on any atom is -0.445 e. The summed E-state index contributed by atoms with van der Waals surface area (Å²) >= 11 is 0. The number of hydrogen-bond acceptors (Lipinski definition) is 8. The van der Waals surface area contributed by atoms with E-state index in [0.717, 1.165) is 16.0 Å². The van der Waals surface area contributed by atoms with Crippen molar-refractivity contribution in [2.24, 2.45) is 11.3 Å². The molecule has 0 aliphatic carbocycles. The van der Waals surface area contributed by atoms with Crippen molar-refractivity contribution in [2.75, 3.05) is 39.3 Å². The number of nitrogens with one attached hydrogen (secondary N) is 4. The first kappa shape index (κ1) is 42.5. The van der Waals surface area contributed by atoms with E-state index in [2.05, 4.69) is 21.3 Å². The molecule has 1 spiro atoms. The van der Waals surface area contributed by atoms with Crippen molar-refractivity contribution in [1.29, 1.82) is 0 Å². The smallest absolute Gasteiger partial charge is 0.410 e. The van der Waals surface area contributed by atoms with E-state index >= 15 is 8.78 Å². The van der Waals surface area contributed by atoms with E-state index in [9.17, 15) is 28.8 Å². The van der Waals surface area contributed by atoms with Crippen LogP contribution in [0.15, 0.2) is 60.7 Å². The van der Waals surface area contributed by atoms with E-state index in [1.165, 1.54) is 4.90 Å². The van der Waals surface area contributed by atoms with Crippen molar-refractivity contribution < 1.29 is 47.0 Å². The van der Waals surface area contributed by atoms with Gasteiger partial charge in [-0.25, -0.2) is 18.4 Å². The molecule has 2 aromatic rings. The Balaban J connectivity index is 1.24. The third-order valence-electron chi connectivity index (χ3n) is 9.31. The van der Waals surface area contributed by atoms with Crippen LogP contribution in [-0.4, -0.2) is 108 Å². The Bertz CT molecular complexity index is 1670. The highest BCUT2D eigenvalue weighted by molar-refractivity contribution is 5.93. The fourth-order valence-electron chi connectivity index (χ4n) is 6.38. The standard InChI is InChI=1S/C39H52F2N6O8/c1-26(2)18-29(44-31(48)20-42-34(51)30(19-27-12-8-6-9-13-27)45-35(52)55-37(3,4)5)33(50)43-21-32(49)47-23-38(24-47)16-17-46(25-39(38,40)41)36(53)54-22-28-14-10-7-11-15-28/h6-15,26,29-30H,16-25H2,1-5H3,(H,42,51)(H,43,50)(H,44,48)(H,45,52). The number of carbonyl (C=O) groups is 6. The number of rotatable bonds is 14. The molecular weight excluding hydrogens is 718 g/mol. The van der Waals surface area contributed by atoms with Gasteiger partial charge in [-0.15, -0.1) is 0 Å². The zero-order chi connectivity index (χ0) is 40.4. The fourth-order valence-corrected chi connectivity index (χ4v) is 6.38. The number of piperidine rings is 1. The number of likely N-dealkylation sites (tertiary alicyclic amines) is 2. The average molecular weight is 771 g/mol. The van der Waals surface area contributed by atoms with Crippen molar-refractivity contribution in [3.63, 3.8) is 0 Å². The predicted molar refractivity (Wildman–Crippen MR) is 197 cm³/mol. The molecule has 2 aliphatic rings. The van der Waals surface area contributed by atoms with Crippen LogP contribution in [0, 0.1) is 11.3 Å². The summed E-state index contributed by atoms with van der Waals surface area (Å²) in [5, 5.41) is 10.1. The molecular formula is C39H52F2N6O8. The van der Waals surface area contributed by atoms with Crippen molar-refractivity contribution >= 4 is 35.8 Å². The third-order valence-corrected chi connectivity index (χ3v) is 9.31. The Morgan fingerprint density at radius 3 is 1.95 bits per heavy atom. The van der Waals surface area contributed by atoms with Crippen LogP contribution in [0.25, 0.3) is 0 Å². The molecule has 0 radical (unpaired) electrons. The molecule has 2 atom stereocenters. The number of alkyl carbamates (subject to hydrolysis) is 1. The first-order valence-corrected chi connectivity index (χ1v) is 18.4. The van der Waals surface area contributed by atoms with Crippen LogP contribution in [-0.2, 0) is 41.7 Å². The van der Waals surface area contributed by atoms with Gasteiger partial charge in [-0.1, -0.05) is 74.5 Å². The first-order valence-electron chi connectivity index (χ1n) is 18.4. The van der Waals surface area contributed by atoms with Crippen LogP contribution >= 0.6 is 0 Å². The van der Waals surface area contributed by atoms with Gasteiger partial charge in [0.15, 0.2) is 0 Å². The number of amides is 6. The highest BCUT2D eigenvalue weighted by atomic mass is 19.3. The Hall–Kier alpha value is -5.28. The maximum atomic E-state index is 15.4. The molecule has 0 aromatic heterocycles. The molecule has 2 aliphatic heterocycles. The molecule has 2 saturated heterocycles. The third kappa shape index (κ3) is 12.4. The molecule has 16 heteroatoms. The molecule has 55 heavy (non-hydrogen) atoms. The van der Waals surface area contributed by atoms with Crippen molar-refractivity contribution in [3.8, 4) is 0 Å². The van der Waals surface area contributed by atoms with Gasteiger partial charge in [0.05, 0.1) is 25.0 Å². The summed E-state index contributed by atoms with van der Waals surface area (Å²) in [4.78, 5) is 79.4. The molecule has 14 nitrogen and oxygen atoms in total. The van der Waals surface area contributed by atoms with Gasteiger partial charge in [0.2, 0.25) is 23.6 Å². The van der Waals surface area contributed by atoms with Gasteiger partial charge in [0.25, 0.3) is 5.92 Å². The molecule has 4 N–H and O–H groups in total. The zero-order valence-electron chi connectivity index (χ0n) is 32.0. The predicted octanol–water partition coefficient (Wildman–Crippen LogP) is 3.39. The van der Waals surface area contributed by atoms with Crippen LogP contribution < -0.4 is 21.3 Å². The minimum absolute atomic E-state index is 0.0281. The molecule has 2 unspecified atom stereocenters. The molecule has 0 saturated carbocycles. The Morgan fingerprint density at radius 2 is 1.36 bits per heavy atom. The molecule has 6 amide bonds. The van der Waals surface area contributed by atoms with E-state index in [1.807, 2.05) is 26.0 Å². The second-order valence-corrected chi connectivity index (χ2v) is 15.5. The van der Waals surface area contributed by atoms with E-state index < -0.39 is 84.5 Å². The van der Waals surface area contributed by atoms with Gasteiger partial charge in [0, 0.05) is 26.1 Å². The van der Waals surface area contributed by atoms with Gasteiger partial charge < -0.3 is 40.5 Å². The topological polar surface area (TPSA) is 175 Å². The van der Waals surface area contributed by atoms with E-state index in [4.69, 9.17) is 9.47 Å². The summed E-state index contributed by atoms with van der Waals surface area (Å²) < 4.78 is 41.3. The summed E-state index contributed by atoms with van der Waals surface area (Å²) in [6.45, 7) is 6.46. The summed E-state index contributed by atoms with van der Waals surface area (Å²) in [6, 6.07) is 15.7. The lowest BCUT2D eigenvalue weighted by atomic mass is 9.69. The number of carbonyl (C=O) groups excluding carboxylic acids is 6. The lowest BCUT2D eigenvalue weighted by Crippen LogP contribution is -2.72. The number of benzene rings is 2. The second kappa shape index (κ2) is 18.4. The quantitative estimate of drug-likeness (QED) is 0.226. The van der Waals surface area contributed by atoms with Crippen LogP contribution in [0.3, 0.4) is 0 Å². The van der Waals surface area contributed by atoms with Gasteiger partial charge in [-0.3, -0.25) is 19.2 Å². The summed E-state index contributed by atoms with van der Waals surface area (Å²) in [7, 11) is 0. The van der Waals surface area contributed by atoms with E-state index in [0.29, 0.717) is 0 Å². The van der Waals surface area contributed by atoms with Crippen LogP contribution in [0.5, 0.6) is 0 Å². The normalized spacial score (nSPS) is 16.9. The van der Waals surface area contributed by atoms with Crippen LogP contribution in [0.1, 0.15) is 58.6 Å². The van der Waals surface area contributed by atoms with Gasteiger partial charge in [-0.2, -0.15) is 0 Å². The van der Waals surface area contributed by atoms with Crippen molar-refractivity contribution in [3.05, 3.63) is 71.8 Å². The lowest BCUT2D eigenvalue weighted by molar-refractivity contribution is -0.220. The fraction of sp³-hybridized carbons (Fsp3) is 0.538.